The lowest BCUT2D eigenvalue weighted by Gasteiger charge is -2.27. The van der Waals surface area contributed by atoms with Gasteiger partial charge in [0.05, 0.1) is 17.5 Å². The number of aromatic nitrogens is 2. The van der Waals surface area contributed by atoms with Crippen LogP contribution in [0.5, 0.6) is 0 Å². The minimum atomic E-state index is -0.617. The van der Waals surface area contributed by atoms with Gasteiger partial charge in [0.15, 0.2) is 5.82 Å². The van der Waals surface area contributed by atoms with E-state index >= 15 is 0 Å². The normalized spacial score (nSPS) is 19.6. The van der Waals surface area contributed by atoms with Gasteiger partial charge in [-0.25, -0.2) is 9.97 Å². The number of nitrogens with zero attached hydrogens (tertiary/aromatic N) is 2. The molecule has 17 heavy (non-hydrogen) atoms. The van der Waals surface area contributed by atoms with Crippen molar-refractivity contribution in [1.29, 1.82) is 0 Å². The van der Waals surface area contributed by atoms with Gasteiger partial charge >= 0.3 is 0 Å². The molecule has 0 unspecified atom stereocenters. The molecule has 5 heteroatoms. The zero-order chi connectivity index (χ0) is 12.1. The van der Waals surface area contributed by atoms with Crippen molar-refractivity contribution in [3.63, 3.8) is 0 Å². The smallest absolute Gasteiger partial charge is 0.152 e. The molecule has 0 aromatic carbocycles. The Bertz CT molecular complexity index is 361. The van der Waals surface area contributed by atoms with Crippen molar-refractivity contribution in [2.75, 3.05) is 17.6 Å². The third-order valence-corrected chi connectivity index (χ3v) is 3.36. The first-order valence-electron chi connectivity index (χ1n) is 6.21. The molecule has 4 N–H and O–H groups in total. The third kappa shape index (κ3) is 3.30. The van der Waals surface area contributed by atoms with Crippen LogP contribution in [0.1, 0.15) is 38.5 Å². The zero-order valence-corrected chi connectivity index (χ0v) is 10.0. The number of nitrogens with one attached hydrogen (secondary N) is 1. The molecule has 1 aromatic rings. The first kappa shape index (κ1) is 12.1. The molecule has 0 bridgehead atoms. The summed E-state index contributed by atoms with van der Waals surface area (Å²) in [5, 5.41) is 13.6. The Morgan fingerprint density at radius 2 is 2.00 bits per heavy atom. The van der Waals surface area contributed by atoms with Gasteiger partial charge in [-0.1, -0.05) is 25.7 Å². The van der Waals surface area contributed by atoms with E-state index in [-0.39, 0.29) is 0 Å². The van der Waals surface area contributed by atoms with Crippen molar-refractivity contribution in [2.24, 2.45) is 0 Å². The SMILES string of the molecule is Nc1cncnc1NCC1(O)CCCCCC1. The molecule has 1 fully saturated rings. The fourth-order valence-corrected chi connectivity index (χ4v) is 2.30. The molecule has 0 amide bonds. The Morgan fingerprint density at radius 3 is 2.65 bits per heavy atom. The number of nitrogens with two attached hydrogens (primary N) is 1. The lowest BCUT2D eigenvalue weighted by atomic mass is 9.94. The monoisotopic (exact) mass is 236 g/mol. The van der Waals surface area contributed by atoms with E-state index in [9.17, 15) is 5.11 Å². The van der Waals surface area contributed by atoms with Gasteiger partial charge in [-0.15, -0.1) is 0 Å². The van der Waals surface area contributed by atoms with E-state index in [1.807, 2.05) is 0 Å². The summed E-state index contributed by atoms with van der Waals surface area (Å²) < 4.78 is 0. The van der Waals surface area contributed by atoms with Crippen LogP contribution in [0.15, 0.2) is 12.5 Å². The fourth-order valence-electron chi connectivity index (χ4n) is 2.30. The number of hydrogen-bond acceptors (Lipinski definition) is 5. The van der Waals surface area contributed by atoms with Crippen molar-refractivity contribution in [2.45, 2.75) is 44.1 Å². The molecule has 0 radical (unpaired) electrons. The Labute approximate surface area is 101 Å². The first-order valence-corrected chi connectivity index (χ1v) is 6.21. The van der Waals surface area contributed by atoms with E-state index in [1.54, 1.807) is 6.20 Å². The van der Waals surface area contributed by atoms with Gasteiger partial charge in [0, 0.05) is 6.54 Å². The van der Waals surface area contributed by atoms with Crippen LogP contribution in [0.2, 0.25) is 0 Å². The Balaban J connectivity index is 1.94. The second-order valence-corrected chi connectivity index (χ2v) is 4.82. The fraction of sp³-hybridized carbons (Fsp3) is 0.667. The number of aliphatic hydroxyl groups is 1. The Morgan fingerprint density at radius 1 is 1.29 bits per heavy atom. The summed E-state index contributed by atoms with van der Waals surface area (Å²) in [5.41, 5.74) is 5.64. The number of anilines is 2. The number of hydrogen-bond donors (Lipinski definition) is 3. The van der Waals surface area contributed by atoms with Gasteiger partial charge in [-0.2, -0.15) is 0 Å². The molecule has 1 heterocycles. The molecular formula is C12H20N4O. The molecule has 1 saturated carbocycles. The molecule has 0 atom stereocenters. The molecule has 1 aliphatic carbocycles. The molecule has 0 aliphatic heterocycles. The molecular weight excluding hydrogens is 216 g/mol. The van der Waals surface area contributed by atoms with Gasteiger partial charge in [-0.05, 0) is 12.8 Å². The maximum absolute atomic E-state index is 10.5. The van der Waals surface area contributed by atoms with Crippen LogP contribution in [0.3, 0.4) is 0 Å². The van der Waals surface area contributed by atoms with Gasteiger partial charge in [0.1, 0.15) is 6.33 Å². The highest BCUT2D eigenvalue weighted by Crippen LogP contribution is 2.27. The van der Waals surface area contributed by atoms with Crippen molar-refractivity contribution >= 4 is 11.5 Å². The van der Waals surface area contributed by atoms with E-state index in [0.717, 1.165) is 25.7 Å². The minimum Gasteiger partial charge on any atom is -0.394 e. The first-order chi connectivity index (χ1) is 8.20. The van der Waals surface area contributed by atoms with Crippen molar-refractivity contribution < 1.29 is 5.11 Å². The van der Waals surface area contributed by atoms with E-state index < -0.39 is 5.60 Å². The molecule has 5 nitrogen and oxygen atoms in total. The predicted octanol–water partition coefficient (Wildman–Crippen LogP) is 1.56. The predicted molar refractivity (Wildman–Crippen MR) is 67.6 cm³/mol. The maximum atomic E-state index is 10.5. The molecule has 2 rings (SSSR count). The van der Waals surface area contributed by atoms with Gasteiger partial charge in [0.2, 0.25) is 0 Å². The average molecular weight is 236 g/mol. The molecule has 0 saturated heterocycles. The summed E-state index contributed by atoms with van der Waals surface area (Å²) in [4.78, 5) is 7.89. The lowest BCUT2D eigenvalue weighted by Crippen LogP contribution is -2.36. The van der Waals surface area contributed by atoms with Crippen LogP contribution in [0.4, 0.5) is 11.5 Å². The van der Waals surface area contributed by atoms with E-state index in [4.69, 9.17) is 5.73 Å². The lowest BCUT2D eigenvalue weighted by molar-refractivity contribution is 0.0380. The third-order valence-electron chi connectivity index (χ3n) is 3.36. The second kappa shape index (κ2) is 5.31. The summed E-state index contributed by atoms with van der Waals surface area (Å²) >= 11 is 0. The van der Waals surface area contributed by atoms with Crippen molar-refractivity contribution in [1.82, 2.24) is 9.97 Å². The Hall–Kier alpha value is -1.36. The van der Waals surface area contributed by atoms with Crippen LogP contribution in [-0.2, 0) is 0 Å². The summed E-state index contributed by atoms with van der Waals surface area (Å²) in [6.45, 7) is 0.508. The second-order valence-electron chi connectivity index (χ2n) is 4.82. The van der Waals surface area contributed by atoms with Gasteiger partial charge < -0.3 is 16.2 Å². The van der Waals surface area contributed by atoms with E-state index in [2.05, 4.69) is 15.3 Å². The molecule has 1 aliphatic rings. The highest BCUT2D eigenvalue weighted by molar-refractivity contribution is 5.59. The highest BCUT2D eigenvalue weighted by atomic mass is 16.3. The summed E-state index contributed by atoms with van der Waals surface area (Å²) in [7, 11) is 0. The maximum Gasteiger partial charge on any atom is 0.152 e. The molecule has 1 aromatic heterocycles. The van der Waals surface area contributed by atoms with Gasteiger partial charge in [0.25, 0.3) is 0 Å². The van der Waals surface area contributed by atoms with E-state index in [0.29, 0.717) is 18.1 Å². The topological polar surface area (TPSA) is 84.1 Å². The van der Waals surface area contributed by atoms with Crippen LogP contribution >= 0.6 is 0 Å². The minimum absolute atomic E-state index is 0.508. The average Bonchev–Trinajstić information content (AvgIpc) is 2.54. The molecule has 94 valence electrons. The summed E-state index contributed by atoms with van der Waals surface area (Å²) in [6.07, 6.45) is 9.35. The quantitative estimate of drug-likeness (QED) is 0.693. The molecule has 0 spiro atoms. The van der Waals surface area contributed by atoms with E-state index in [1.165, 1.54) is 19.2 Å². The van der Waals surface area contributed by atoms with Crippen molar-refractivity contribution in [3.05, 3.63) is 12.5 Å². The number of rotatable bonds is 3. The number of nitrogen functional groups attached to an aromatic ring is 1. The highest BCUT2D eigenvalue weighted by Gasteiger charge is 2.27. The zero-order valence-electron chi connectivity index (χ0n) is 10.0. The van der Waals surface area contributed by atoms with Crippen LogP contribution in [0, 0.1) is 0 Å². The largest absolute Gasteiger partial charge is 0.394 e. The summed E-state index contributed by atoms with van der Waals surface area (Å²) in [6, 6.07) is 0. The standard InChI is InChI=1S/C12H20N4O/c13-10-7-14-9-16-11(10)15-8-12(17)5-3-1-2-4-6-12/h7,9,17H,1-6,8,13H2,(H,14,15,16). The van der Waals surface area contributed by atoms with Crippen LogP contribution in [-0.4, -0.2) is 27.2 Å². The van der Waals surface area contributed by atoms with Crippen LogP contribution in [0.25, 0.3) is 0 Å². The van der Waals surface area contributed by atoms with Crippen molar-refractivity contribution in [3.8, 4) is 0 Å². The Kier molecular flexibility index (Phi) is 3.78. The summed E-state index contributed by atoms with van der Waals surface area (Å²) in [5.74, 6) is 0.609. The van der Waals surface area contributed by atoms with Crippen LogP contribution < -0.4 is 11.1 Å². The van der Waals surface area contributed by atoms with Gasteiger partial charge in [-0.3, -0.25) is 0 Å².